The highest BCUT2D eigenvalue weighted by Gasteiger charge is 2.10. The van der Waals surface area contributed by atoms with E-state index in [0.29, 0.717) is 11.3 Å². The minimum Gasteiger partial charge on any atom is -0.399 e. The van der Waals surface area contributed by atoms with Crippen molar-refractivity contribution in [3.63, 3.8) is 0 Å². The van der Waals surface area contributed by atoms with Gasteiger partial charge in [-0.25, -0.2) is 0 Å². The van der Waals surface area contributed by atoms with Gasteiger partial charge in [0.2, 0.25) is 0 Å². The Bertz CT molecular complexity index is 596. The summed E-state index contributed by atoms with van der Waals surface area (Å²) in [5.74, 6) is -0.156. The standard InChI is InChI=1S/C14H13BrN2O/c1-9-6-7-10(16)8-13(9)17-14(18)11-4-2-3-5-12(11)15/h2-8H,16H2,1H3,(H,17,18). The van der Waals surface area contributed by atoms with E-state index in [-0.39, 0.29) is 5.91 Å². The third kappa shape index (κ3) is 2.71. The molecule has 3 N–H and O–H groups in total. The third-order valence-corrected chi connectivity index (χ3v) is 3.32. The number of aryl methyl sites for hydroxylation is 1. The van der Waals surface area contributed by atoms with Crippen molar-refractivity contribution in [3.8, 4) is 0 Å². The zero-order valence-electron chi connectivity index (χ0n) is 9.91. The molecule has 0 saturated carbocycles. The lowest BCUT2D eigenvalue weighted by Crippen LogP contribution is -2.13. The number of halogens is 1. The smallest absolute Gasteiger partial charge is 0.256 e. The van der Waals surface area contributed by atoms with E-state index in [0.717, 1.165) is 15.7 Å². The molecule has 92 valence electrons. The number of anilines is 2. The van der Waals surface area contributed by atoms with E-state index in [1.807, 2.05) is 37.3 Å². The van der Waals surface area contributed by atoms with Crippen LogP contribution in [0, 0.1) is 6.92 Å². The Morgan fingerprint density at radius 2 is 1.94 bits per heavy atom. The first-order valence-electron chi connectivity index (χ1n) is 5.50. The third-order valence-electron chi connectivity index (χ3n) is 2.63. The van der Waals surface area contributed by atoms with Crippen molar-refractivity contribution in [2.45, 2.75) is 6.92 Å². The Hall–Kier alpha value is -1.81. The van der Waals surface area contributed by atoms with Gasteiger partial charge in [-0.2, -0.15) is 0 Å². The summed E-state index contributed by atoms with van der Waals surface area (Å²) in [4.78, 5) is 12.1. The highest BCUT2D eigenvalue weighted by atomic mass is 79.9. The van der Waals surface area contributed by atoms with Gasteiger partial charge in [-0.3, -0.25) is 4.79 Å². The molecule has 0 fully saturated rings. The Labute approximate surface area is 114 Å². The number of rotatable bonds is 2. The molecule has 0 saturated heterocycles. The molecule has 2 rings (SSSR count). The topological polar surface area (TPSA) is 55.1 Å². The summed E-state index contributed by atoms with van der Waals surface area (Å²) in [7, 11) is 0. The minimum absolute atomic E-state index is 0.156. The van der Waals surface area contributed by atoms with Crippen LogP contribution in [-0.2, 0) is 0 Å². The molecule has 2 aromatic carbocycles. The number of nitrogens with one attached hydrogen (secondary N) is 1. The molecule has 0 heterocycles. The Kier molecular flexibility index (Phi) is 3.67. The first kappa shape index (κ1) is 12.6. The fourth-order valence-electron chi connectivity index (χ4n) is 1.61. The first-order chi connectivity index (χ1) is 8.58. The van der Waals surface area contributed by atoms with E-state index in [9.17, 15) is 4.79 Å². The zero-order valence-corrected chi connectivity index (χ0v) is 11.5. The highest BCUT2D eigenvalue weighted by molar-refractivity contribution is 9.10. The summed E-state index contributed by atoms with van der Waals surface area (Å²) in [6.45, 7) is 1.93. The molecule has 0 aliphatic heterocycles. The Morgan fingerprint density at radius 3 is 2.67 bits per heavy atom. The molecule has 2 aromatic rings. The van der Waals surface area contributed by atoms with Crippen LogP contribution in [-0.4, -0.2) is 5.91 Å². The van der Waals surface area contributed by atoms with Crippen molar-refractivity contribution in [2.75, 3.05) is 11.1 Å². The summed E-state index contributed by atoms with van der Waals surface area (Å²) < 4.78 is 0.768. The van der Waals surface area contributed by atoms with E-state index in [4.69, 9.17) is 5.73 Å². The normalized spacial score (nSPS) is 10.1. The Balaban J connectivity index is 2.27. The zero-order chi connectivity index (χ0) is 13.1. The second-order valence-corrected chi connectivity index (χ2v) is 4.86. The summed E-state index contributed by atoms with van der Waals surface area (Å²) in [6.07, 6.45) is 0. The van der Waals surface area contributed by atoms with Crippen LogP contribution in [0.2, 0.25) is 0 Å². The molecule has 4 heteroatoms. The van der Waals surface area contributed by atoms with Crippen molar-refractivity contribution in [2.24, 2.45) is 0 Å². The van der Waals surface area contributed by atoms with E-state index in [1.54, 1.807) is 12.1 Å². The van der Waals surface area contributed by atoms with Crippen LogP contribution in [0.25, 0.3) is 0 Å². The van der Waals surface area contributed by atoms with Gasteiger partial charge in [0.25, 0.3) is 5.91 Å². The summed E-state index contributed by atoms with van der Waals surface area (Å²) in [6, 6.07) is 12.7. The molecule has 18 heavy (non-hydrogen) atoms. The van der Waals surface area contributed by atoms with Crippen molar-refractivity contribution in [3.05, 3.63) is 58.1 Å². The average Bonchev–Trinajstić information content (AvgIpc) is 2.34. The van der Waals surface area contributed by atoms with Gasteiger partial charge in [-0.15, -0.1) is 0 Å². The molecule has 0 aromatic heterocycles. The van der Waals surface area contributed by atoms with E-state index < -0.39 is 0 Å². The number of carbonyl (C=O) groups excluding carboxylic acids is 1. The van der Waals surface area contributed by atoms with Crippen molar-refractivity contribution in [1.29, 1.82) is 0 Å². The number of carbonyl (C=O) groups is 1. The summed E-state index contributed by atoms with van der Waals surface area (Å²) in [5.41, 5.74) is 8.64. The average molecular weight is 305 g/mol. The van der Waals surface area contributed by atoms with Crippen LogP contribution < -0.4 is 11.1 Å². The van der Waals surface area contributed by atoms with Gasteiger partial charge >= 0.3 is 0 Å². The van der Waals surface area contributed by atoms with Crippen LogP contribution in [0.15, 0.2) is 46.9 Å². The van der Waals surface area contributed by atoms with Gasteiger partial charge in [0.1, 0.15) is 0 Å². The maximum atomic E-state index is 12.1. The molecule has 0 bridgehead atoms. The fourth-order valence-corrected chi connectivity index (χ4v) is 2.07. The lowest BCUT2D eigenvalue weighted by molar-refractivity contribution is 0.102. The molecule has 0 radical (unpaired) electrons. The maximum absolute atomic E-state index is 12.1. The second kappa shape index (κ2) is 5.23. The molecular weight excluding hydrogens is 292 g/mol. The molecule has 3 nitrogen and oxygen atoms in total. The number of hydrogen-bond donors (Lipinski definition) is 2. The highest BCUT2D eigenvalue weighted by Crippen LogP contribution is 2.21. The SMILES string of the molecule is Cc1ccc(N)cc1NC(=O)c1ccccc1Br. The summed E-state index contributed by atoms with van der Waals surface area (Å²) >= 11 is 3.36. The first-order valence-corrected chi connectivity index (χ1v) is 6.29. The predicted molar refractivity (Wildman–Crippen MR) is 77.7 cm³/mol. The molecule has 0 unspecified atom stereocenters. The van der Waals surface area contributed by atoms with Gasteiger partial charge in [0.15, 0.2) is 0 Å². The van der Waals surface area contributed by atoms with Crippen LogP contribution in [0.3, 0.4) is 0 Å². The summed E-state index contributed by atoms with van der Waals surface area (Å²) in [5, 5.41) is 2.86. The molecule has 0 atom stereocenters. The lowest BCUT2D eigenvalue weighted by Gasteiger charge is -2.10. The van der Waals surface area contributed by atoms with Gasteiger partial charge < -0.3 is 11.1 Å². The molecule has 1 amide bonds. The maximum Gasteiger partial charge on any atom is 0.256 e. The van der Waals surface area contributed by atoms with E-state index >= 15 is 0 Å². The number of hydrogen-bond acceptors (Lipinski definition) is 2. The van der Waals surface area contributed by atoms with Crippen molar-refractivity contribution < 1.29 is 4.79 Å². The number of benzene rings is 2. The predicted octanol–water partition coefficient (Wildman–Crippen LogP) is 3.59. The van der Waals surface area contributed by atoms with Gasteiger partial charge in [0.05, 0.1) is 5.56 Å². The number of amides is 1. The van der Waals surface area contributed by atoms with Gasteiger partial charge in [-0.05, 0) is 52.7 Å². The lowest BCUT2D eigenvalue weighted by atomic mass is 10.1. The quantitative estimate of drug-likeness (QED) is 0.833. The minimum atomic E-state index is -0.156. The second-order valence-electron chi connectivity index (χ2n) is 4.01. The molecule has 0 aliphatic carbocycles. The van der Waals surface area contributed by atoms with Crippen molar-refractivity contribution in [1.82, 2.24) is 0 Å². The molecule has 0 spiro atoms. The molecular formula is C14H13BrN2O. The van der Waals surface area contributed by atoms with Crippen molar-refractivity contribution >= 4 is 33.2 Å². The monoisotopic (exact) mass is 304 g/mol. The van der Waals surface area contributed by atoms with Gasteiger partial charge in [0, 0.05) is 15.8 Å². The fraction of sp³-hybridized carbons (Fsp3) is 0.0714. The van der Waals surface area contributed by atoms with E-state index in [1.165, 1.54) is 0 Å². The largest absolute Gasteiger partial charge is 0.399 e. The molecule has 0 aliphatic rings. The Morgan fingerprint density at radius 1 is 1.22 bits per heavy atom. The number of nitrogens with two attached hydrogens (primary N) is 1. The van der Waals surface area contributed by atoms with Crippen LogP contribution in [0.1, 0.15) is 15.9 Å². The van der Waals surface area contributed by atoms with Crippen LogP contribution in [0.5, 0.6) is 0 Å². The number of nitrogen functional groups attached to an aromatic ring is 1. The van der Waals surface area contributed by atoms with Gasteiger partial charge in [-0.1, -0.05) is 18.2 Å². The van der Waals surface area contributed by atoms with Crippen LogP contribution in [0.4, 0.5) is 11.4 Å². The van der Waals surface area contributed by atoms with E-state index in [2.05, 4.69) is 21.2 Å². The van der Waals surface area contributed by atoms with Crippen LogP contribution >= 0.6 is 15.9 Å².